The molecular formula is C7H5Cl2NO3. The zero-order valence-electron chi connectivity index (χ0n) is 6.21. The Bertz CT molecular complexity index is 331. The van der Waals surface area contributed by atoms with Crippen molar-refractivity contribution in [2.75, 3.05) is 5.32 Å². The number of halogens is 2. The normalized spacial score (nSPS) is 9.69. The highest BCUT2D eigenvalue weighted by atomic mass is 35.5. The number of phenols is 1. The lowest BCUT2D eigenvalue weighted by Gasteiger charge is -2.04. The molecule has 1 rings (SSSR count). The zero-order valence-corrected chi connectivity index (χ0v) is 7.73. The molecule has 0 unspecified atom stereocenters. The van der Waals surface area contributed by atoms with E-state index in [0.717, 1.165) is 0 Å². The Morgan fingerprint density at radius 2 is 1.77 bits per heavy atom. The SMILES string of the molecule is O=C(O)Nc1cc(Cl)c(O)c(Cl)c1. The summed E-state index contributed by atoms with van der Waals surface area (Å²) < 4.78 is 0. The van der Waals surface area contributed by atoms with Crippen LogP contribution in [0.3, 0.4) is 0 Å². The molecule has 1 amide bonds. The largest absolute Gasteiger partial charge is 0.505 e. The van der Waals surface area contributed by atoms with Gasteiger partial charge in [0.25, 0.3) is 0 Å². The van der Waals surface area contributed by atoms with Crippen LogP contribution in [0.25, 0.3) is 0 Å². The van der Waals surface area contributed by atoms with E-state index in [4.69, 9.17) is 33.4 Å². The van der Waals surface area contributed by atoms with Crippen molar-refractivity contribution in [3.05, 3.63) is 22.2 Å². The number of hydrogen-bond donors (Lipinski definition) is 3. The topological polar surface area (TPSA) is 69.6 Å². The fourth-order valence-corrected chi connectivity index (χ4v) is 1.25. The lowest BCUT2D eigenvalue weighted by atomic mass is 10.3. The predicted octanol–water partition coefficient (Wildman–Crippen LogP) is 2.79. The number of carbonyl (C=O) groups is 1. The summed E-state index contributed by atoms with van der Waals surface area (Å²) in [6.45, 7) is 0. The Hall–Kier alpha value is -1.13. The van der Waals surface area contributed by atoms with Gasteiger partial charge < -0.3 is 10.2 Å². The molecule has 13 heavy (non-hydrogen) atoms. The molecule has 0 aromatic heterocycles. The van der Waals surface area contributed by atoms with Gasteiger partial charge in [-0.2, -0.15) is 0 Å². The standard InChI is InChI=1S/C7H5Cl2NO3/c8-4-1-3(10-7(12)13)2-5(9)6(4)11/h1-2,10-11H,(H,12,13). The number of hydrogen-bond acceptors (Lipinski definition) is 2. The van der Waals surface area contributed by atoms with Crippen molar-refractivity contribution in [2.24, 2.45) is 0 Å². The quantitative estimate of drug-likeness (QED) is 0.639. The van der Waals surface area contributed by atoms with Gasteiger partial charge in [-0.15, -0.1) is 0 Å². The number of amides is 1. The maximum atomic E-state index is 10.2. The molecule has 4 nitrogen and oxygen atoms in total. The minimum Gasteiger partial charge on any atom is -0.505 e. The third kappa shape index (κ3) is 2.40. The Balaban J connectivity index is 3.06. The number of nitrogens with one attached hydrogen (secondary N) is 1. The summed E-state index contributed by atoms with van der Waals surface area (Å²) in [5, 5.41) is 19.5. The van der Waals surface area contributed by atoms with Crippen LogP contribution in [-0.4, -0.2) is 16.3 Å². The molecule has 0 radical (unpaired) electrons. The van der Waals surface area contributed by atoms with E-state index >= 15 is 0 Å². The number of anilines is 1. The molecule has 0 saturated carbocycles. The van der Waals surface area contributed by atoms with Gasteiger partial charge in [-0.3, -0.25) is 5.32 Å². The van der Waals surface area contributed by atoms with Crippen molar-refractivity contribution in [3.8, 4) is 5.75 Å². The summed E-state index contributed by atoms with van der Waals surface area (Å²) in [5.74, 6) is -0.265. The van der Waals surface area contributed by atoms with E-state index in [0.29, 0.717) is 0 Å². The predicted molar refractivity (Wildman–Crippen MR) is 49.8 cm³/mol. The molecule has 0 aliphatic rings. The van der Waals surface area contributed by atoms with Crippen molar-refractivity contribution in [1.82, 2.24) is 0 Å². The van der Waals surface area contributed by atoms with Crippen molar-refractivity contribution in [1.29, 1.82) is 0 Å². The second-order valence-corrected chi connectivity index (χ2v) is 3.03. The molecule has 0 aliphatic carbocycles. The van der Waals surface area contributed by atoms with Gasteiger partial charge in [-0.1, -0.05) is 23.2 Å². The molecule has 3 N–H and O–H groups in total. The van der Waals surface area contributed by atoms with Gasteiger partial charge in [-0.05, 0) is 12.1 Å². The van der Waals surface area contributed by atoms with Crippen LogP contribution in [0.5, 0.6) is 5.75 Å². The van der Waals surface area contributed by atoms with E-state index in [1.165, 1.54) is 12.1 Å². The van der Waals surface area contributed by atoms with Crippen LogP contribution < -0.4 is 5.32 Å². The third-order valence-corrected chi connectivity index (χ3v) is 1.84. The summed E-state index contributed by atoms with van der Waals surface area (Å²) in [6, 6.07) is 2.52. The van der Waals surface area contributed by atoms with E-state index in [9.17, 15) is 4.79 Å². The van der Waals surface area contributed by atoms with Gasteiger partial charge in [0.1, 0.15) is 0 Å². The third-order valence-electron chi connectivity index (χ3n) is 1.27. The van der Waals surface area contributed by atoms with Gasteiger partial charge in [0.05, 0.1) is 10.0 Å². The Labute approximate surface area is 83.7 Å². The highest BCUT2D eigenvalue weighted by Crippen LogP contribution is 2.34. The van der Waals surface area contributed by atoms with Crippen LogP contribution >= 0.6 is 23.2 Å². The van der Waals surface area contributed by atoms with Gasteiger partial charge in [-0.25, -0.2) is 4.79 Å². The maximum Gasteiger partial charge on any atom is 0.409 e. The molecule has 1 aromatic carbocycles. The van der Waals surface area contributed by atoms with E-state index < -0.39 is 6.09 Å². The Morgan fingerprint density at radius 3 is 2.15 bits per heavy atom. The molecule has 6 heteroatoms. The molecule has 0 heterocycles. The zero-order chi connectivity index (χ0) is 10.0. The first kappa shape index (κ1) is 9.95. The van der Waals surface area contributed by atoms with Gasteiger partial charge >= 0.3 is 6.09 Å². The van der Waals surface area contributed by atoms with E-state index in [1.54, 1.807) is 0 Å². The van der Waals surface area contributed by atoms with Crippen LogP contribution in [0.4, 0.5) is 10.5 Å². The fraction of sp³-hybridized carbons (Fsp3) is 0. The number of carboxylic acid groups (broad SMARTS) is 1. The second kappa shape index (κ2) is 3.72. The average molecular weight is 222 g/mol. The first-order valence-corrected chi connectivity index (χ1v) is 3.94. The summed E-state index contributed by atoms with van der Waals surface area (Å²) in [7, 11) is 0. The molecule has 1 aromatic rings. The van der Waals surface area contributed by atoms with Crippen LogP contribution in [-0.2, 0) is 0 Å². The minimum absolute atomic E-state index is 0.00347. The molecule has 0 aliphatic heterocycles. The monoisotopic (exact) mass is 221 g/mol. The van der Waals surface area contributed by atoms with Crippen LogP contribution in [0.1, 0.15) is 0 Å². The Kier molecular flexibility index (Phi) is 2.85. The highest BCUT2D eigenvalue weighted by molar-refractivity contribution is 6.37. The molecule has 0 bridgehead atoms. The van der Waals surface area contributed by atoms with Crippen molar-refractivity contribution in [3.63, 3.8) is 0 Å². The number of phenolic OH excluding ortho intramolecular Hbond substituents is 1. The molecule has 0 atom stereocenters. The first-order chi connectivity index (χ1) is 6.00. The first-order valence-electron chi connectivity index (χ1n) is 3.18. The molecule has 70 valence electrons. The summed E-state index contributed by atoms with van der Waals surface area (Å²) >= 11 is 11.1. The van der Waals surface area contributed by atoms with Gasteiger partial charge in [0, 0.05) is 5.69 Å². The van der Waals surface area contributed by atoms with Crippen molar-refractivity contribution in [2.45, 2.75) is 0 Å². The van der Waals surface area contributed by atoms with Gasteiger partial charge in [0.15, 0.2) is 5.75 Å². The fourth-order valence-electron chi connectivity index (χ4n) is 0.761. The van der Waals surface area contributed by atoms with Crippen LogP contribution in [0, 0.1) is 0 Å². The highest BCUT2D eigenvalue weighted by Gasteiger charge is 2.07. The number of aromatic hydroxyl groups is 1. The van der Waals surface area contributed by atoms with E-state index in [-0.39, 0.29) is 21.5 Å². The smallest absolute Gasteiger partial charge is 0.409 e. The molecular weight excluding hydrogens is 217 g/mol. The maximum absolute atomic E-state index is 10.2. The van der Waals surface area contributed by atoms with Crippen LogP contribution in [0.2, 0.25) is 10.0 Å². The van der Waals surface area contributed by atoms with E-state index in [1.807, 2.05) is 0 Å². The molecule has 0 fully saturated rings. The van der Waals surface area contributed by atoms with Gasteiger partial charge in [0.2, 0.25) is 0 Å². The Morgan fingerprint density at radius 1 is 1.31 bits per heavy atom. The lowest BCUT2D eigenvalue weighted by molar-refractivity contribution is 0.209. The lowest BCUT2D eigenvalue weighted by Crippen LogP contribution is -2.06. The number of rotatable bonds is 1. The average Bonchev–Trinajstić information content (AvgIpc) is 1.98. The minimum atomic E-state index is -1.22. The second-order valence-electron chi connectivity index (χ2n) is 2.22. The summed E-state index contributed by atoms with van der Waals surface area (Å²) in [5.41, 5.74) is 0.209. The number of benzene rings is 1. The summed E-state index contributed by atoms with van der Waals surface area (Å²) in [6.07, 6.45) is -1.22. The van der Waals surface area contributed by atoms with Crippen molar-refractivity contribution >= 4 is 35.0 Å². The van der Waals surface area contributed by atoms with E-state index in [2.05, 4.69) is 5.32 Å². The summed E-state index contributed by atoms with van der Waals surface area (Å²) in [4.78, 5) is 10.2. The van der Waals surface area contributed by atoms with Crippen molar-refractivity contribution < 1.29 is 15.0 Å². The molecule has 0 spiro atoms. The molecule has 0 saturated heterocycles. The van der Waals surface area contributed by atoms with Crippen LogP contribution in [0.15, 0.2) is 12.1 Å².